The lowest BCUT2D eigenvalue weighted by molar-refractivity contribution is 0.502. The topological polar surface area (TPSA) is 13.1 Å². The van der Waals surface area contributed by atoms with E-state index in [1.807, 2.05) is 0 Å². The second-order valence-corrected chi connectivity index (χ2v) is 17.7. The van der Waals surface area contributed by atoms with Gasteiger partial charge in [0.2, 0.25) is 0 Å². The number of rotatable bonds is 9. The summed E-state index contributed by atoms with van der Waals surface area (Å²) in [5.74, 6) is 0.686. The molecule has 0 aliphatic heterocycles. The van der Waals surface area contributed by atoms with E-state index >= 15 is 0 Å². The first-order valence-electron chi connectivity index (χ1n) is 22.7. The SMILES string of the molecule is C1=CC(CCC(C2=CC=C(c3ccccc3)CC2)c2ccc3oc4cc(-c5ccccc5)c5ccccc5c4c3c2)CC2=C1c1ccccc1C2(c1ccccc1)c1ccccc1. The fourth-order valence-corrected chi connectivity index (χ4v) is 11.5. The van der Waals surface area contributed by atoms with Crippen molar-refractivity contribution >= 4 is 43.9 Å². The van der Waals surface area contributed by atoms with Crippen molar-refractivity contribution in [2.75, 3.05) is 0 Å². The Morgan fingerprint density at radius 1 is 0.540 bits per heavy atom. The number of furan rings is 1. The normalized spacial score (nSPS) is 17.1. The van der Waals surface area contributed by atoms with Crippen LogP contribution in [0.25, 0.3) is 55.0 Å². The predicted octanol–water partition coefficient (Wildman–Crippen LogP) is 16.5. The van der Waals surface area contributed by atoms with Crippen molar-refractivity contribution in [2.24, 2.45) is 5.92 Å². The molecule has 63 heavy (non-hydrogen) atoms. The standard InChI is InChI=1S/C62H48O/c1-5-17-43(18-6-1)44-31-33-46(34-32-44)50(47-35-38-59-56(40-47)61-54-27-14-13-25-51(54)55(41-60(61)63-59)45-19-7-2-8-20-45)36-29-42-30-37-53-52-26-15-16-28-57(52)62(58(53)39-42,48-21-9-3-10-22-48)49-23-11-4-12-24-49/h1-28,30-31,33,35,37-38,40-42,50H,29,32,34,36,39H2. The Labute approximate surface area is 370 Å². The first kappa shape index (κ1) is 37.5. The fourth-order valence-electron chi connectivity index (χ4n) is 11.5. The molecule has 3 aliphatic rings. The van der Waals surface area contributed by atoms with Gasteiger partial charge in [-0.15, -0.1) is 0 Å². The van der Waals surface area contributed by atoms with E-state index in [1.54, 1.807) is 0 Å². The Kier molecular flexibility index (Phi) is 9.29. The first-order chi connectivity index (χ1) is 31.2. The monoisotopic (exact) mass is 808 g/mol. The molecule has 0 saturated carbocycles. The third-order valence-electron chi connectivity index (χ3n) is 14.4. The number of benzene rings is 8. The molecule has 3 aliphatic carbocycles. The van der Waals surface area contributed by atoms with Gasteiger partial charge >= 0.3 is 0 Å². The minimum absolute atomic E-state index is 0.278. The summed E-state index contributed by atoms with van der Waals surface area (Å²) < 4.78 is 6.74. The van der Waals surface area contributed by atoms with Crippen molar-refractivity contribution < 1.29 is 4.42 Å². The molecule has 1 aromatic heterocycles. The van der Waals surface area contributed by atoms with E-state index in [4.69, 9.17) is 4.42 Å². The maximum atomic E-state index is 6.74. The van der Waals surface area contributed by atoms with Crippen LogP contribution in [-0.2, 0) is 5.41 Å². The summed E-state index contributed by atoms with van der Waals surface area (Å²) in [4.78, 5) is 0. The Balaban J connectivity index is 0.943. The van der Waals surface area contributed by atoms with Gasteiger partial charge < -0.3 is 4.42 Å². The third-order valence-corrected chi connectivity index (χ3v) is 14.4. The smallest absolute Gasteiger partial charge is 0.136 e. The van der Waals surface area contributed by atoms with Gasteiger partial charge in [-0.1, -0.05) is 206 Å². The maximum absolute atomic E-state index is 6.74. The van der Waals surface area contributed by atoms with E-state index in [-0.39, 0.29) is 11.3 Å². The average Bonchev–Trinajstić information content (AvgIpc) is 3.88. The molecule has 1 heteroatoms. The summed E-state index contributed by atoms with van der Waals surface area (Å²) in [6, 6.07) is 71.5. The molecule has 9 aromatic rings. The van der Waals surface area contributed by atoms with E-state index in [0.29, 0.717) is 5.92 Å². The van der Waals surface area contributed by atoms with Gasteiger partial charge in [0.05, 0.1) is 5.41 Å². The Bertz CT molecular complexity index is 3250. The van der Waals surface area contributed by atoms with Gasteiger partial charge in [0, 0.05) is 16.7 Å². The van der Waals surface area contributed by atoms with E-state index in [9.17, 15) is 0 Å². The highest BCUT2D eigenvalue weighted by atomic mass is 16.3. The summed E-state index contributed by atoms with van der Waals surface area (Å²) >= 11 is 0. The molecule has 8 aromatic carbocycles. The van der Waals surface area contributed by atoms with Crippen molar-refractivity contribution in [3.63, 3.8) is 0 Å². The summed E-state index contributed by atoms with van der Waals surface area (Å²) in [5, 5.41) is 4.90. The Hall–Kier alpha value is -7.22. The van der Waals surface area contributed by atoms with Crippen LogP contribution in [0.4, 0.5) is 0 Å². The van der Waals surface area contributed by atoms with Gasteiger partial charge in [-0.05, 0) is 128 Å². The van der Waals surface area contributed by atoms with E-state index in [0.717, 1.165) is 43.3 Å². The van der Waals surface area contributed by atoms with Crippen molar-refractivity contribution in [2.45, 2.75) is 43.4 Å². The maximum Gasteiger partial charge on any atom is 0.136 e. The molecule has 302 valence electrons. The van der Waals surface area contributed by atoms with Crippen LogP contribution in [0.5, 0.6) is 0 Å². The molecule has 2 unspecified atom stereocenters. The molecule has 0 radical (unpaired) electrons. The van der Waals surface area contributed by atoms with Crippen LogP contribution in [0.2, 0.25) is 0 Å². The highest BCUT2D eigenvalue weighted by Gasteiger charge is 2.48. The summed E-state index contributed by atoms with van der Waals surface area (Å²) in [5.41, 5.74) is 18.0. The molecule has 0 spiro atoms. The van der Waals surface area contributed by atoms with Crippen molar-refractivity contribution in [3.8, 4) is 11.1 Å². The molecule has 1 heterocycles. The molecule has 2 atom stereocenters. The molecule has 0 saturated heterocycles. The quantitative estimate of drug-likeness (QED) is 0.142. The predicted molar refractivity (Wildman–Crippen MR) is 264 cm³/mol. The highest BCUT2D eigenvalue weighted by molar-refractivity contribution is 6.22. The second-order valence-electron chi connectivity index (χ2n) is 17.7. The zero-order valence-electron chi connectivity index (χ0n) is 35.4. The molecule has 0 fully saturated rings. The van der Waals surface area contributed by atoms with Crippen LogP contribution < -0.4 is 0 Å². The third kappa shape index (κ3) is 6.29. The number of hydrogen-bond donors (Lipinski definition) is 0. The Morgan fingerprint density at radius 3 is 1.90 bits per heavy atom. The van der Waals surface area contributed by atoms with Gasteiger partial charge in [0.1, 0.15) is 11.2 Å². The fraction of sp³-hybridized carbons (Fsp3) is 0.129. The van der Waals surface area contributed by atoms with E-state index in [1.165, 1.54) is 88.3 Å². The zero-order valence-corrected chi connectivity index (χ0v) is 35.4. The van der Waals surface area contributed by atoms with Gasteiger partial charge in [-0.3, -0.25) is 0 Å². The number of allylic oxidation sites excluding steroid dienone is 8. The van der Waals surface area contributed by atoms with Gasteiger partial charge in [0.25, 0.3) is 0 Å². The summed E-state index contributed by atoms with van der Waals surface area (Å²) in [6.07, 6.45) is 15.1. The first-order valence-corrected chi connectivity index (χ1v) is 22.7. The zero-order chi connectivity index (χ0) is 41.7. The average molecular weight is 809 g/mol. The number of fused-ring (bicyclic) bond motifs is 7. The number of hydrogen-bond acceptors (Lipinski definition) is 1. The van der Waals surface area contributed by atoms with Crippen LogP contribution in [0.1, 0.15) is 71.4 Å². The van der Waals surface area contributed by atoms with Crippen LogP contribution in [0.15, 0.2) is 234 Å². The van der Waals surface area contributed by atoms with Gasteiger partial charge in [-0.25, -0.2) is 0 Å². The van der Waals surface area contributed by atoms with Crippen LogP contribution in [0, 0.1) is 5.92 Å². The largest absolute Gasteiger partial charge is 0.456 e. The lowest BCUT2D eigenvalue weighted by atomic mass is 9.64. The van der Waals surface area contributed by atoms with Crippen molar-refractivity contribution in [1.82, 2.24) is 0 Å². The van der Waals surface area contributed by atoms with E-state index in [2.05, 4.69) is 218 Å². The molecule has 1 nitrogen and oxygen atoms in total. The lowest BCUT2D eigenvalue weighted by Crippen LogP contribution is -2.31. The van der Waals surface area contributed by atoms with Crippen molar-refractivity contribution in [1.29, 1.82) is 0 Å². The molecule has 0 amide bonds. The van der Waals surface area contributed by atoms with Crippen LogP contribution in [-0.4, -0.2) is 0 Å². The second kappa shape index (κ2) is 15.6. The van der Waals surface area contributed by atoms with Gasteiger partial charge in [0.15, 0.2) is 0 Å². The van der Waals surface area contributed by atoms with Crippen molar-refractivity contribution in [3.05, 3.63) is 263 Å². The lowest BCUT2D eigenvalue weighted by Gasteiger charge is -2.38. The minimum Gasteiger partial charge on any atom is -0.456 e. The molecular formula is C62H48O. The molecule has 0 N–H and O–H groups in total. The van der Waals surface area contributed by atoms with Crippen LogP contribution >= 0.6 is 0 Å². The van der Waals surface area contributed by atoms with Gasteiger partial charge in [-0.2, -0.15) is 0 Å². The molecule has 0 bridgehead atoms. The molecule has 12 rings (SSSR count). The molecular weight excluding hydrogens is 761 g/mol. The summed E-state index contributed by atoms with van der Waals surface area (Å²) in [7, 11) is 0. The highest BCUT2D eigenvalue weighted by Crippen LogP contribution is 2.58. The summed E-state index contributed by atoms with van der Waals surface area (Å²) in [6.45, 7) is 0. The Morgan fingerprint density at radius 2 is 1.19 bits per heavy atom. The van der Waals surface area contributed by atoms with Crippen LogP contribution in [0.3, 0.4) is 0 Å². The van der Waals surface area contributed by atoms with E-state index < -0.39 is 0 Å². The minimum atomic E-state index is -0.335.